The van der Waals surface area contributed by atoms with Gasteiger partial charge in [-0.2, -0.15) is 0 Å². The average molecular weight is 285 g/mol. The Balaban J connectivity index is 2.31. The number of benzene rings is 1. The number of rotatable bonds is 5. The van der Waals surface area contributed by atoms with Crippen molar-refractivity contribution in [2.45, 2.75) is 33.2 Å². The third-order valence-corrected chi connectivity index (χ3v) is 3.79. The van der Waals surface area contributed by atoms with Crippen molar-refractivity contribution in [1.29, 1.82) is 0 Å². The summed E-state index contributed by atoms with van der Waals surface area (Å²) in [5, 5.41) is 0. The molecule has 1 atom stereocenters. The summed E-state index contributed by atoms with van der Waals surface area (Å²) in [6, 6.07) is 8.38. The maximum atomic E-state index is 5.74. The molecule has 0 spiro atoms. The minimum absolute atomic E-state index is 0.0310. The van der Waals surface area contributed by atoms with Crippen LogP contribution in [0.4, 0.5) is 0 Å². The minimum atomic E-state index is 0.0310. The topological polar surface area (TPSA) is 60.2 Å². The van der Waals surface area contributed by atoms with Gasteiger partial charge in [-0.25, -0.2) is 0 Å². The van der Waals surface area contributed by atoms with E-state index in [1.807, 2.05) is 26.1 Å². The lowest BCUT2D eigenvalue weighted by Gasteiger charge is -2.19. The van der Waals surface area contributed by atoms with Crippen molar-refractivity contribution in [3.05, 3.63) is 58.4 Å². The summed E-state index contributed by atoms with van der Waals surface area (Å²) < 4.78 is 5.46. The van der Waals surface area contributed by atoms with Crippen molar-refractivity contribution in [2.75, 3.05) is 7.11 Å². The molecule has 1 aromatic heterocycles. The normalized spacial score (nSPS) is 12.2. The molecule has 1 aromatic carbocycles. The Labute approximate surface area is 126 Å². The number of aromatic nitrogens is 1. The number of aryl methyl sites for hydroxylation is 2. The van der Waals surface area contributed by atoms with Crippen LogP contribution in [0.1, 0.15) is 34.0 Å². The first-order chi connectivity index (χ1) is 10.1. The lowest BCUT2D eigenvalue weighted by atomic mass is 9.98. The van der Waals surface area contributed by atoms with Gasteiger partial charge in [-0.1, -0.05) is 29.8 Å². The smallest absolute Gasteiger partial charge is 0.128 e. The van der Waals surface area contributed by atoms with Crippen molar-refractivity contribution in [3.8, 4) is 5.75 Å². The van der Waals surface area contributed by atoms with Crippen LogP contribution in [-0.2, 0) is 6.42 Å². The molecule has 4 heteroatoms. The van der Waals surface area contributed by atoms with Gasteiger partial charge < -0.3 is 4.74 Å². The highest BCUT2D eigenvalue weighted by Crippen LogP contribution is 2.27. The molecule has 2 aromatic rings. The lowest BCUT2D eigenvalue weighted by Crippen LogP contribution is -2.30. The number of hydrazine groups is 1. The Hall–Kier alpha value is -1.91. The van der Waals surface area contributed by atoms with Gasteiger partial charge in [0.25, 0.3) is 0 Å². The van der Waals surface area contributed by atoms with Gasteiger partial charge in [-0.05, 0) is 26.3 Å². The molecule has 0 saturated carbocycles. The molecule has 3 N–H and O–H groups in total. The van der Waals surface area contributed by atoms with Crippen molar-refractivity contribution < 1.29 is 4.74 Å². The minimum Gasteiger partial charge on any atom is -0.496 e. The molecule has 1 unspecified atom stereocenters. The molecule has 21 heavy (non-hydrogen) atoms. The zero-order valence-electron chi connectivity index (χ0n) is 13.1. The summed E-state index contributed by atoms with van der Waals surface area (Å²) in [5.74, 6) is 6.65. The number of methoxy groups -OCH3 is 1. The maximum Gasteiger partial charge on any atom is 0.128 e. The van der Waals surface area contributed by atoms with E-state index in [0.29, 0.717) is 0 Å². The van der Waals surface area contributed by atoms with Gasteiger partial charge >= 0.3 is 0 Å². The van der Waals surface area contributed by atoms with Gasteiger partial charge in [0.15, 0.2) is 0 Å². The number of pyridine rings is 1. The zero-order valence-corrected chi connectivity index (χ0v) is 13.1. The summed E-state index contributed by atoms with van der Waals surface area (Å²) in [6.45, 7) is 6.12. The Morgan fingerprint density at radius 1 is 1.29 bits per heavy atom. The molecular weight excluding hydrogens is 262 g/mol. The van der Waals surface area contributed by atoms with Crippen molar-refractivity contribution >= 4 is 0 Å². The highest BCUT2D eigenvalue weighted by atomic mass is 16.5. The summed E-state index contributed by atoms with van der Waals surface area (Å²) in [5.41, 5.74) is 8.40. The van der Waals surface area contributed by atoms with Crippen LogP contribution in [0, 0.1) is 20.8 Å². The third kappa shape index (κ3) is 3.40. The fraction of sp³-hybridized carbons (Fsp3) is 0.353. The molecule has 1 heterocycles. The van der Waals surface area contributed by atoms with E-state index in [1.165, 1.54) is 11.1 Å². The Kier molecular flexibility index (Phi) is 4.94. The number of hydrogen-bond donors (Lipinski definition) is 2. The fourth-order valence-corrected chi connectivity index (χ4v) is 2.63. The van der Waals surface area contributed by atoms with Crippen LogP contribution in [-0.4, -0.2) is 12.1 Å². The molecule has 2 rings (SSSR count). The number of nitrogens with one attached hydrogen (secondary N) is 1. The standard InChI is InChI=1S/C17H23N3O/c1-11-6-5-7-14(8-11)16(20-18)9-15-13(3)17(21-4)12(2)10-19-15/h5-8,10,16,20H,9,18H2,1-4H3. The fourth-order valence-electron chi connectivity index (χ4n) is 2.63. The highest BCUT2D eigenvalue weighted by Gasteiger charge is 2.16. The second kappa shape index (κ2) is 6.70. The SMILES string of the molecule is COc1c(C)cnc(CC(NN)c2cccc(C)c2)c1C. The Bertz CT molecular complexity index is 625. The largest absolute Gasteiger partial charge is 0.496 e. The van der Waals surface area contributed by atoms with Gasteiger partial charge in [0, 0.05) is 29.4 Å². The molecule has 0 saturated heterocycles. The highest BCUT2D eigenvalue weighted by molar-refractivity contribution is 5.41. The van der Waals surface area contributed by atoms with Crippen molar-refractivity contribution in [3.63, 3.8) is 0 Å². The molecule has 0 bridgehead atoms. The number of nitrogens with two attached hydrogens (primary N) is 1. The molecule has 0 radical (unpaired) electrons. The van der Waals surface area contributed by atoms with E-state index in [4.69, 9.17) is 10.6 Å². The van der Waals surface area contributed by atoms with Gasteiger partial charge in [-0.15, -0.1) is 0 Å². The Morgan fingerprint density at radius 2 is 2.05 bits per heavy atom. The van der Waals surface area contributed by atoms with E-state index in [0.717, 1.165) is 29.0 Å². The Morgan fingerprint density at radius 3 is 2.67 bits per heavy atom. The maximum absolute atomic E-state index is 5.74. The average Bonchev–Trinajstić information content (AvgIpc) is 2.47. The second-order valence-corrected chi connectivity index (χ2v) is 5.38. The van der Waals surface area contributed by atoms with E-state index in [9.17, 15) is 0 Å². The first-order valence-electron chi connectivity index (χ1n) is 7.08. The summed E-state index contributed by atoms with van der Waals surface area (Å²) in [6.07, 6.45) is 2.58. The molecule has 112 valence electrons. The van der Waals surface area contributed by atoms with Crippen LogP contribution >= 0.6 is 0 Å². The monoisotopic (exact) mass is 285 g/mol. The third-order valence-electron chi connectivity index (χ3n) is 3.79. The summed E-state index contributed by atoms with van der Waals surface area (Å²) >= 11 is 0. The predicted molar refractivity (Wildman–Crippen MR) is 85.2 cm³/mol. The van der Waals surface area contributed by atoms with E-state index in [1.54, 1.807) is 7.11 Å². The van der Waals surface area contributed by atoms with E-state index in [2.05, 4.69) is 35.5 Å². The van der Waals surface area contributed by atoms with E-state index < -0.39 is 0 Å². The zero-order chi connectivity index (χ0) is 15.4. The molecule has 0 aliphatic rings. The first kappa shape index (κ1) is 15.5. The van der Waals surface area contributed by atoms with Crippen LogP contribution in [0.25, 0.3) is 0 Å². The number of ether oxygens (including phenoxy) is 1. The molecule has 0 fully saturated rings. The molecular formula is C17H23N3O. The van der Waals surface area contributed by atoms with Gasteiger partial charge in [0.05, 0.1) is 13.2 Å². The van der Waals surface area contributed by atoms with E-state index in [-0.39, 0.29) is 6.04 Å². The van der Waals surface area contributed by atoms with Crippen molar-refractivity contribution in [1.82, 2.24) is 10.4 Å². The van der Waals surface area contributed by atoms with Gasteiger partial charge in [0.2, 0.25) is 0 Å². The summed E-state index contributed by atoms with van der Waals surface area (Å²) in [4.78, 5) is 4.55. The number of nitrogens with zero attached hydrogens (tertiary/aromatic N) is 1. The molecule has 0 amide bonds. The lowest BCUT2D eigenvalue weighted by molar-refractivity contribution is 0.406. The second-order valence-electron chi connectivity index (χ2n) is 5.38. The van der Waals surface area contributed by atoms with Crippen LogP contribution in [0.2, 0.25) is 0 Å². The van der Waals surface area contributed by atoms with Gasteiger partial charge in [0.1, 0.15) is 5.75 Å². The molecule has 0 aliphatic heterocycles. The van der Waals surface area contributed by atoms with Gasteiger partial charge in [-0.3, -0.25) is 16.3 Å². The van der Waals surface area contributed by atoms with Crippen LogP contribution in [0.3, 0.4) is 0 Å². The van der Waals surface area contributed by atoms with E-state index >= 15 is 0 Å². The quantitative estimate of drug-likeness (QED) is 0.655. The molecule has 4 nitrogen and oxygen atoms in total. The predicted octanol–water partition coefficient (Wildman–Crippen LogP) is 2.76. The van der Waals surface area contributed by atoms with Crippen LogP contribution in [0.15, 0.2) is 30.5 Å². The summed E-state index contributed by atoms with van der Waals surface area (Å²) in [7, 11) is 1.69. The van der Waals surface area contributed by atoms with Crippen molar-refractivity contribution in [2.24, 2.45) is 5.84 Å². The first-order valence-corrected chi connectivity index (χ1v) is 7.08. The van der Waals surface area contributed by atoms with Crippen LogP contribution in [0.5, 0.6) is 5.75 Å². The number of hydrogen-bond acceptors (Lipinski definition) is 4. The molecule has 0 aliphatic carbocycles. The van der Waals surface area contributed by atoms with Crippen LogP contribution < -0.4 is 16.0 Å².